The first-order chi connectivity index (χ1) is 13.2. The second kappa shape index (κ2) is 10.2. The summed E-state index contributed by atoms with van der Waals surface area (Å²) in [5, 5.41) is 8.80. The zero-order valence-electron chi connectivity index (χ0n) is 17.2. The summed E-state index contributed by atoms with van der Waals surface area (Å²) in [6, 6.07) is 0.0677. The van der Waals surface area contributed by atoms with E-state index in [1.807, 2.05) is 31.7 Å². The number of aliphatic carboxylic acids is 1. The Morgan fingerprint density at radius 1 is 1.21 bits per heavy atom. The van der Waals surface area contributed by atoms with Gasteiger partial charge < -0.3 is 19.3 Å². The standard InChI is InChI=1S/C20H32N2O6/c1-5-21-10-11-26-13-15(21)6-9-19(25)28-17-14-27-16(7-8-18(23)24)12-22(17)20(2,3)4/h6-9,15-17H,5,10-14H2,1-4H3,(H,23,24)/b8-7+,9-6+. The molecule has 3 atom stereocenters. The van der Waals surface area contributed by atoms with E-state index in [1.165, 1.54) is 12.2 Å². The highest BCUT2D eigenvalue weighted by Gasteiger charge is 2.37. The largest absolute Gasteiger partial charge is 0.478 e. The molecule has 0 saturated carbocycles. The highest BCUT2D eigenvalue weighted by Crippen LogP contribution is 2.24. The van der Waals surface area contributed by atoms with E-state index in [0.717, 1.165) is 19.2 Å². The van der Waals surface area contributed by atoms with Gasteiger partial charge in [0.1, 0.15) is 0 Å². The maximum atomic E-state index is 12.4. The average Bonchev–Trinajstić information content (AvgIpc) is 2.64. The molecule has 0 amide bonds. The van der Waals surface area contributed by atoms with Crippen molar-refractivity contribution < 1.29 is 28.9 Å². The number of likely N-dealkylation sites (N-methyl/N-ethyl adjacent to an activating group) is 1. The molecule has 2 aliphatic heterocycles. The molecule has 2 heterocycles. The summed E-state index contributed by atoms with van der Waals surface area (Å²) in [6.07, 6.45) is 4.98. The molecule has 0 aromatic carbocycles. The van der Waals surface area contributed by atoms with Crippen molar-refractivity contribution in [2.75, 3.05) is 39.5 Å². The van der Waals surface area contributed by atoms with Gasteiger partial charge in [-0.2, -0.15) is 0 Å². The molecule has 2 aliphatic rings. The minimum Gasteiger partial charge on any atom is -0.478 e. The Balaban J connectivity index is 1.97. The fourth-order valence-corrected chi connectivity index (χ4v) is 3.36. The van der Waals surface area contributed by atoms with Gasteiger partial charge in [0.05, 0.1) is 32.0 Å². The van der Waals surface area contributed by atoms with Gasteiger partial charge in [-0.25, -0.2) is 9.59 Å². The van der Waals surface area contributed by atoms with Crippen molar-refractivity contribution in [2.45, 2.75) is 51.6 Å². The fraction of sp³-hybridized carbons (Fsp3) is 0.700. The Morgan fingerprint density at radius 2 is 1.96 bits per heavy atom. The van der Waals surface area contributed by atoms with Crippen molar-refractivity contribution in [3.05, 3.63) is 24.3 Å². The van der Waals surface area contributed by atoms with Gasteiger partial charge >= 0.3 is 11.9 Å². The minimum atomic E-state index is -1.02. The van der Waals surface area contributed by atoms with E-state index in [9.17, 15) is 9.59 Å². The third-order valence-corrected chi connectivity index (χ3v) is 4.89. The monoisotopic (exact) mass is 396 g/mol. The molecule has 2 fully saturated rings. The molecule has 8 nitrogen and oxygen atoms in total. The van der Waals surface area contributed by atoms with E-state index in [-0.39, 0.29) is 24.3 Å². The Hall–Kier alpha value is -1.74. The normalized spacial score (nSPS) is 28.1. The van der Waals surface area contributed by atoms with E-state index in [2.05, 4.69) is 11.8 Å². The number of ether oxygens (including phenoxy) is 3. The number of nitrogens with zero attached hydrogens (tertiary/aromatic N) is 2. The fourth-order valence-electron chi connectivity index (χ4n) is 3.36. The molecule has 158 valence electrons. The summed E-state index contributed by atoms with van der Waals surface area (Å²) in [7, 11) is 0. The second-order valence-corrected chi connectivity index (χ2v) is 7.91. The van der Waals surface area contributed by atoms with Crippen LogP contribution in [-0.2, 0) is 23.8 Å². The molecule has 0 aromatic rings. The number of esters is 1. The van der Waals surface area contributed by atoms with Crippen molar-refractivity contribution in [3.63, 3.8) is 0 Å². The summed E-state index contributed by atoms with van der Waals surface area (Å²) < 4.78 is 16.8. The summed E-state index contributed by atoms with van der Waals surface area (Å²) in [5.41, 5.74) is -0.274. The molecular formula is C20H32N2O6. The van der Waals surface area contributed by atoms with Crippen LogP contribution >= 0.6 is 0 Å². The predicted molar refractivity (Wildman–Crippen MR) is 104 cm³/mol. The van der Waals surface area contributed by atoms with Crippen LogP contribution in [0.4, 0.5) is 0 Å². The first-order valence-corrected chi connectivity index (χ1v) is 9.70. The third-order valence-electron chi connectivity index (χ3n) is 4.89. The Bertz CT molecular complexity index is 598. The van der Waals surface area contributed by atoms with Gasteiger partial charge in [0.15, 0.2) is 6.23 Å². The number of morpholine rings is 2. The summed E-state index contributed by atoms with van der Waals surface area (Å²) in [5.74, 6) is -1.44. The van der Waals surface area contributed by atoms with Crippen molar-refractivity contribution in [1.29, 1.82) is 0 Å². The van der Waals surface area contributed by atoms with Crippen molar-refractivity contribution in [1.82, 2.24) is 9.80 Å². The van der Waals surface area contributed by atoms with E-state index in [4.69, 9.17) is 19.3 Å². The van der Waals surface area contributed by atoms with Crippen molar-refractivity contribution in [2.24, 2.45) is 0 Å². The first-order valence-electron chi connectivity index (χ1n) is 9.70. The second-order valence-electron chi connectivity index (χ2n) is 7.91. The van der Waals surface area contributed by atoms with Crippen LogP contribution in [0.2, 0.25) is 0 Å². The van der Waals surface area contributed by atoms with E-state index >= 15 is 0 Å². The van der Waals surface area contributed by atoms with Crippen molar-refractivity contribution >= 4 is 11.9 Å². The van der Waals surface area contributed by atoms with Crippen LogP contribution in [0.5, 0.6) is 0 Å². The minimum absolute atomic E-state index is 0.0677. The maximum Gasteiger partial charge on any atom is 0.332 e. The molecular weight excluding hydrogens is 364 g/mol. The van der Waals surface area contributed by atoms with Gasteiger partial charge in [0.2, 0.25) is 0 Å². The van der Waals surface area contributed by atoms with Gasteiger partial charge in [-0.1, -0.05) is 13.0 Å². The molecule has 0 spiro atoms. The molecule has 28 heavy (non-hydrogen) atoms. The lowest BCUT2D eigenvalue weighted by Crippen LogP contribution is -2.58. The van der Waals surface area contributed by atoms with Gasteiger partial charge in [-0.05, 0) is 33.4 Å². The number of rotatable bonds is 6. The van der Waals surface area contributed by atoms with Crippen LogP contribution in [-0.4, -0.2) is 90.2 Å². The number of carbonyl (C=O) groups is 2. The molecule has 0 aromatic heterocycles. The highest BCUT2D eigenvalue weighted by atomic mass is 16.6. The van der Waals surface area contributed by atoms with Crippen LogP contribution in [0.1, 0.15) is 27.7 Å². The Morgan fingerprint density at radius 3 is 2.61 bits per heavy atom. The van der Waals surface area contributed by atoms with E-state index < -0.39 is 18.2 Å². The third kappa shape index (κ3) is 6.70. The molecule has 1 N–H and O–H groups in total. The van der Waals surface area contributed by atoms with Gasteiger partial charge in [-0.15, -0.1) is 0 Å². The van der Waals surface area contributed by atoms with Gasteiger partial charge in [0.25, 0.3) is 0 Å². The predicted octanol–water partition coefficient (Wildman–Crippen LogP) is 1.27. The average molecular weight is 396 g/mol. The van der Waals surface area contributed by atoms with Crippen LogP contribution < -0.4 is 0 Å². The number of carbonyl (C=O) groups excluding carboxylic acids is 1. The zero-order chi connectivity index (χ0) is 20.7. The first kappa shape index (κ1) is 22.5. The lowest BCUT2D eigenvalue weighted by molar-refractivity contribution is -0.189. The number of carboxylic acids is 1. The topological polar surface area (TPSA) is 88.5 Å². The smallest absolute Gasteiger partial charge is 0.332 e. The quantitative estimate of drug-likeness (QED) is 0.531. The lowest BCUT2D eigenvalue weighted by Gasteiger charge is -2.45. The summed E-state index contributed by atoms with van der Waals surface area (Å²) in [6.45, 7) is 11.8. The number of hydrogen-bond acceptors (Lipinski definition) is 7. The van der Waals surface area contributed by atoms with Crippen molar-refractivity contribution in [3.8, 4) is 0 Å². The molecule has 0 radical (unpaired) electrons. The molecule has 2 saturated heterocycles. The van der Waals surface area contributed by atoms with Crippen LogP contribution in [0.3, 0.4) is 0 Å². The number of carboxylic acid groups (broad SMARTS) is 1. The zero-order valence-corrected chi connectivity index (χ0v) is 17.2. The molecule has 0 aliphatic carbocycles. The number of hydrogen-bond donors (Lipinski definition) is 1. The Kier molecular flexibility index (Phi) is 8.18. The molecule has 3 unspecified atom stereocenters. The highest BCUT2D eigenvalue weighted by molar-refractivity contribution is 5.82. The SMILES string of the molecule is CCN1CCOCC1/C=C/C(=O)OC1COC(/C=C/C(=O)O)CN1C(C)(C)C. The maximum absolute atomic E-state index is 12.4. The summed E-state index contributed by atoms with van der Waals surface area (Å²) >= 11 is 0. The van der Waals surface area contributed by atoms with Gasteiger partial charge in [-0.3, -0.25) is 9.80 Å². The van der Waals surface area contributed by atoms with Crippen LogP contribution in [0.25, 0.3) is 0 Å². The molecule has 2 rings (SSSR count). The van der Waals surface area contributed by atoms with E-state index in [1.54, 1.807) is 0 Å². The van der Waals surface area contributed by atoms with Crippen LogP contribution in [0, 0.1) is 0 Å². The van der Waals surface area contributed by atoms with E-state index in [0.29, 0.717) is 19.8 Å². The van der Waals surface area contributed by atoms with Crippen LogP contribution in [0.15, 0.2) is 24.3 Å². The van der Waals surface area contributed by atoms with Gasteiger partial charge in [0, 0.05) is 30.8 Å². The molecule has 0 bridgehead atoms. The lowest BCUT2D eigenvalue weighted by atomic mass is 10.0. The summed E-state index contributed by atoms with van der Waals surface area (Å²) in [4.78, 5) is 27.4. The molecule has 8 heteroatoms. The Labute approximate surface area is 166 Å².